The molecule has 0 saturated heterocycles. The zero-order chi connectivity index (χ0) is 25.1. The van der Waals surface area contributed by atoms with Crippen molar-refractivity contribution in [1.29, 1.82) is 0 Å². The maximum Gasteiger partial charge on any atom is 0.410 e. The van der Waals surface area contributed by atoms with Crippen LogP contribution >= 0.6 is 23.2 Å². The fourth-order valence-electron chi connectivity index (χ4n) is 2.74. The Kier molecular flexibility index (Phi) is 10.7. The summed E-state index contributed by atoms with van der Waals surface area (Å²) < 4.78 is 16.0. The third-order valence-corrected chi connectivity index (χ3v) is 5.15. The highest BCUT2D eigenvalue weighted by Crippen LogP contribution is 2.12. The molecule has 9 heteroatoms. The number of amides is 1. The molecular weight excluding hydrogens is 481 g/mol. The summed E-state index contributed by atoms with van der Waals surface area (Å²) in [7, 11) is 0. The van der Waals surface area contributed by atoms with E-state index < -0.39 is 23.6 Å². The van der Waals surface area contributed by atoms with Gasteiger partial charge in [0.1, 0.15) is 18.8 Å². The molecule has 2 rings (SSSR count). The van der Waals surface area contributed by atoms with Crippen LogP contribution < -0.4 is 0 Å². The van der Waals surface area contributed by atoms with Crippen molar-refractivity contribution in [2.45, 2.75) is 38.1 Å². The van der Waals surface area contributed by atoms with Gasteiger partial charge in [-0.15, -0.1) is 23.2 Å². The summed E-state index contributed by atoms with van der Waals surface area (Å²) in [6, 6.07) is 13.5. The molecule has 0 N–H and O–H groups in total. The first-order valence-corrected chi connectivity index (χ1v) is 11.8. The lowest BCUT2D eigenvalue weighted by Crippen LogP contribution is -2.41. The van der Waals surface area contributed by atoms with E-state index in [1.54, 1.807) is 69.3 Å². The van der Waals surface area contributed by atoms with E-state index in [9.17, 15) is 14.4 Å². The van der Waals surface area contributed by atoms with Gasteiger partial charge in [0.05, 0.1) is 24.2 Å². The minimum absolute atomic E-state index is 0.0524. The minimum atomic E-state index is -0.711. The first kappa shape index (κ1) is 27.5. The van der Waals surface area contributed by atoms with E-state index >= 15 is 0 Å². The smallest absolute Gasteiger partial charge is 0.410 e. The number of hydrogen-bond acceptors (Lipinski definition) is 6. The van der Waals surface area contributed by atoms with Crippen LogP contribution in [0.2, 0.25) is 0 Å². The Hall–Kier alpha value is -2.77. The fourth-order valence-corrected chi connectivity index (χ4v) is 3.10. The normalized spacial score (nSPS) is 11.0. The summed E-state index contributed by atoms with van der Waals surface area (Å²) in [5, 5.41) is 0. The van der Waals surface area contributed by atoms with Crippen molar-refractivity contribution in [2.75, 3.05) is 26.3 Å². The number of hydrogen-bond donors (Lipinski definition) is 0. The number of carbonyl (C=O) groups is 3. The number of nitrogens with zero attached hydrogens (tertiary/aromatic N) is 1. The molecule has 2 aromatic carbocycles. The van der Waals surface area contributed by atoms with Gasteiger partial charge in [0.2, 0.25) is 0 Å². The molecule has 1 amide bonds. The molecule has 0 bridgehead atoms. The van der Waals surface area contributed by atoms with Gasteiger partial charge in [-0.1, -0.05) is 24.3 Å². The number of alkyl halides is 2. The van der Waals surface area contributed by atoms with E-state index in [2.05, 4.69) is 0 Å². The highest BCUT2D eigenvalue weighted by molar-refractivity contribution is 6.17. The van der Waals surface area contributed by atoms with Crippen molar-refractivity contribution in [3.05, 3.63) is 70.8 Å². The summed E-state index contributed by atoms with van der Waals surface area (Å²) in [4.78, 5) is 38.4. The van der Waals surface area contributed by atoms with Crippen LogP contribution in [0.25, 0.3) is 0 Å². The number of esters is 2. The van der Waals surface area contributed by atoms with Gasteiger partial charge in [-0.3, -0.25) is 0 Å². The molecule has 184 valence electrons. The number of carbonyl (C=O) groups excluding carboxylic acids is 3. The number of ether oxygens (including phenoxy) is 3. The molecule has 0 aliphatic carbocycles. The van der Waals surface area contributed by atoms with Crippen molar-refractivity contribution < 1.29 is 28.6 Å². The molecule has 0 heterocycles. The Labute approximate surface area is 209 Å². The van der Waals surface area contributed by atoms with Gasteiger partial charge >= 0.3 is 18.0 Å². The average Bonchev–Trinajstić information content (AvgIpc) is 2.81. The molecule has 2 aromatic rings. The zero-order valence-corrected chi connectivity index (χ0v) is 21.0. The van der Waals surface area contributed by atoms with Crippen LogP contribution in [-0.2, 0) is 26.0 Å². The molecule has 0 unspecified atom stereocenters. The summed E-state index contributed by atoms with van der Waals surface area (Å²) in [6.45, 7) is 5.28. The van der Waals surface area contributed by atoms with E-state index in [1.165, 1.54) is 4.90 Å². The predicted molar refractivity (Wildman–Crippen MR) is 130 cm³/mol. The van der Waals surface area contributed by atoms with E-state index in [0.29, 0.717) is 22.9 Å². The highest BCUT2D eigenvalue weighted by atomic mass is 35.5. The van der Waals surface area contributed by atoms with E-state index in [-0.39, 0.29) is 26.3 Å². The maximum atomic E-state index is 12.6. The van der Waals surface area contributed by atoms with Gasteiger partial charge in [0.15, 0.2) is 0 Å². The van der Waals surface area contributed by atoms with Gasteiger partial charge in [0, 0.05) is 11.8 Å². The Morgan fingerprint density at radius 1 is 0.735 bits per heavy atom. The highest BCUT2D eigenvalue weighted by Gasteiger charge is 2.23. The van der Waals surface area contributed by atoms with Crippen molar-refractivity contribution in [3.8, 4) is 0 Å². The molecule has 0 fully saturated rings. The number of benzene rings is 2. The summed E-state index contributed by atoms with van der Waals surface area (Å²) >= 11 is 11.5. The average molecular weight is 510 g/mol. The molecule has 7 nitrogen and oxygen atoms in total. The molecule has 34 heavy (non-hydrogen) atoms. The summed E-state index contributed by atoms with van der Waals surface area (Å²) in [5.74, 6) is -0.332. The van der Waals surface area contributed by atoms with Crippen LogP contribution in [0.5, 0.6) is 0 Å². The monoisotopic (exact) mass is 509 g/mol. The molecule has 0 spiro atoms. The van der Waals surface area contributed by atoms with Gasteiger partial charge in [-0.05, 0) is 56.2 Å². The van der Waals surface area contributed by atoms with E-state index in [4.69, 9.17) is 37.4 Å². The lowest BCUT2D eigenvalue weighted by Gasteiger charge is -2.27. The van der Waals surface area contributed by atoms with Gasteiger partial charge in [-0.2, -0.15) is 0 Å². The van der Waals surface area contributed by atoms with Crippen molar-refractivity contribution in [1.82, 2.24) is 4.90 Å². The molecule has 0 atom stereocenters. The van der Waals surface area contributed by atoms with Crippen molar-refractivity contribution in [2.24, 2.45) is 0 Å². The van der Waals surface area contributed by atoms with Crippen LogP contribution in [0.1, 0.15) is 52.6 Å². The number of rotatable bonds is 10. The molecule has 0 aromatic heterocycles. The van der Waals surface area contributed by atoms with Crippen molar-refractivity contribution >= 4 is 41.2 Å². The predicted octanol–water partition coefficient (Wildman–Crippen LogP) is 5.42. The Balaban J connectivity index is 1.91. The second kappa shape index (κ2) is 13.2. The lowest BCUT2D eigenvalue weighted by atomic mass is 10.1. The first-order valence-electron chi connectivity index (χ1n) is 10.7. The van der Waals surface area contributed by atoms with Crippen LogP contribution in [-0.4, -0.2) is 54.8 Å². The fraction of sp³-hybridized carbons (Fsp3) is 0.400. The SMILES string of the molecule is CC(C)(C)OC(=O)N(CCOC(=O)c1ccc(CCl)cc1)CCOC(=O)c1ccc(CCl)cc1. The van der Waals surface area contributed by atoms with Gasteiger partial charge in [-0.25, -0.2) is 14.4 Å². The summed E-state index contributed by atoms with van der Waals surface area (Å²) in [6.07, 6.45) is -0.600. The largest absolute Gasteiger partial charge is 0.460 e. The second-order valence-electron chi connectivity index (χ2n) is 8.40. The Bertz CT molecular complexity index is 889. The van der Waals surface area contributed by atoms with Crippen molar-refractivity contribution in [3.63, 3.8) is 0 Å². The first-order chi connectivity index (χ1) is 16.1. The van der Waals surface area contributed by atoms with Crippen LogP contribution in [0.15, 0.2) is 48.5 Å². The summed E-state index contributed by atoms with van der Waals surface area (Å²) in [5.41, 5.74) is 1.83. The quantitative estimate of drug-likeness (QED) is 0.241. The third-order valence-electron chi connectivity index (χ3n) is 4.53. The topological polar surface area (TPSA) is 82.1 Å². The van der Waals surface area contributed by atoms with Gasteiger partial charge in [0.25, 0.3) is 0 Å². The standard InChI is InChI=1S/C25H29Cl2NO6/c1-25(2,3)34-24(31)28(12-14-32-22(29)20-8-4-18(16-26)5-9-20)13-15-33-23(30)21-10-6-19(17-27)7-11-21/h4-11H,12-17H2,1-3H3. The lowest BCUT2D eigenvalue weighted by molar-refractivity contribution is 0.00995. The van der Waals surface area contributed by atoms with Gasteiger partial charge < -0.3 is 19.1 Å². The Morgan fingerprint density at radius 2 is 1.12 bits per heavy atom. The van der Waals surface area contributed by atoms with Crippen LogP contribution in [0.3, 0.4) is 0 Å². The third kappa shape index (κ3) is 9.23. The van der Waals surface area contributed by atoms with Crippen LogP contribution in [0.4, 0.5) is 4.79 Å². The zero-order valence-electron chi connectivity index (χ0n) is 19.5. The van der Waals surface area contributed by atoms with E-state index in [1.807, 2.05) is 0 Å². The maximum absolute atomic E-state index is 12.6. The van der Waals surface area contributed by atoms with E-state index in [0.717, 1.165) is 11.1 Å². The minimum Gasteiger partial charge on any atom is -0.460 e. The second-order valence-corrected chi connectivity index (χ2v) is 8.93. The molecule has 0 aliphatic heterocycles. The molecular formula is C25H29Cl2NO6. The van der Waals surface area contributed by atoms with Crippen LogP contribution in [0, 0.1) is 0 Å². The molecule has 0 saturated carbocycles. The number of halogens is 2. The molecule has 0 radical (unpaired) electrons. The molecule has 0 aliphatic rings. The Morgan fingerprint density at radius 3 is 1.44 bits per heavy atom.